The summed E-state index contributed by atoms with van der Waals surface area (Å²) in [5, 5.41) is 11.1. The monoisotopic (exact) mass is 350 g/mol. The predicted octanol–water partition coefficient (Wildman–Crippen LogP) is 1.29. The lowest BCUT2D eigenvalue weighted by Gasteiger charge is -2.58. The molecule has 5 heterocycles. The number of hydrogen-bond acceptors (Lipinski definition) is 5. The molecule has 6 aliphatic rings. The maximum Gasteiger partial charge on any atom is 0.257 e. The first-order chi connectivity index (χ1) is 12.7. The summed E-state index contributed by atoms with van der Waals surface area (Å²) in [7, 11) is 0. The lowest BCUT2D eigenvalue weighted by atomic mass is 9.65. The van der Waals surface area contributed by atoms with Crippen LogP contribution >= 0.6 is 0 Å². The molecule has 7 rings (SSSR count). The second-order valence-electron chi connectivity index (χ2n) is 8.21. The fraction of sp³-hybridized carbons (Fsp3) is 0.450. The fourth-order valence-electron chi connectivity index (χ4n) is 6.59. The largest absolute Gasteiger partial charge is 0.454 e. The van der Waals surface area contributed by atoms with Crippen molar-refractivity contribution in [3.8, 4) is 11.5 Å². The topological polar surface area (TPSA) is 62.2 Å². The number of piperidine rings is 1. The van der Waals surface area contributed by atoms with E-state index in [1.54, 1.807) is 0 Å². The van der Waals surface area contributed by atoms with Crippen LogP contribution in [0.2, 0.25) is 0 Å². The van der Waals surface area contributed by atoms with E-state index in [0.717, 1.165) is 42.9 Å². The molecule has 1 aromatic rings. The van der Waals surface area contributed by atoms with Gasteiger partial charge in [-0.3, -0.25) is 14.6 Å². The fourth-order valence-corrected chi connectivity index (χ4v) is 6.59. The van der Waals surface area contributed by atoms with Crippen molar-refractivity contribution < 1.29 is 19.4 Å². The van der Waals surface area contributed by atoms with Crippen molar-refractivity contribution in [3.63, 3.8) is 0 Å². The number of rotatable bonds is 0. The minimum atomic E-state index is -1.00. The Morgan fingerprint density at radius 3 is 2.88 bits per heavy atom. The van der Waals surface area contributed by atoms with Crippen LogP contribution in [-0.2, 0) is 4.79 Å². The van der Waals surface area contributed by atoms with E-state index in [4.69, 9.17) is 9.47 Å². The number of fused-ring (bicyclic) bond motifs is 4. The molecule has 2 fully saturated rings. The number of ether oxygens (including phenoxy) is 2. The van der Waals surface area contributed by atoms with E-state index in [1.807, 2.05) is 17.0 Å². The van der Waals surface area contributed by atoms with E-state index in [1.165, 1.54) is 5.57 Å². The highest BCUT2D eigenvalue weighted by Gasteiger charge is 2.74. The van der Waals surface area contributed by atoms with Crippen LogP contribution in [0.5, 0.6) is 11.5 Å². The predicted molar refractivity (Wildman–Crippen MR) is 92.9 cm³/mol. The van der Waals surface area contributed by atoms with Crippen LogP contribution in [0.4, 0.5) is 5.69 Å². The van der Waals surface area contributed by atoms with Gasteiger partial charge in [-0.15, -0.1) is 0 Å². The standard InChI is InChI=1S/C20H18N2O4/c23-16-17(24)22-13-9-15-14(25-10-26-15)8-11(13)12-2-7-21-6-1-3-19(16)4-5-20(12,22)18(19)21/h1-3,8-9,16,18,23H,4-7,10H2/t16-,18-,19?,20?/m0/s1. The highest BCUT2D eigenvalue weighted by atomic mass is 16.7. The summed E-state index contributed by atoms with van der Waals surface area (Å²) in [5.41, 5.74) is 2.29. The molecular formula is C20H18N2O4. The maximum absolute atomic E-state index is 13.4. The Morgan fingerprint density at radius 2 is 2.00 bits per heavy atom. The first-order valence-electron chi connectivity index (χ1n) is 9.25. The van der Waals surface area contributed by atoms with Gasteiger partial charge in [-0.05, 0) is 24.5 Å². The first-order valence-corrected chi connectivity index (χ1v) is 9.25. The second kappa shape index (κ2) is 4.00. The van der Waals surface area contributed by atoms with E-state index in [0.29, 0.717) is 5.75 Å². The van der Waals surface area contributed by atoms with Gasteiger partial charge in [0.1, 0.15) is 6.10 Å². The zero-order valence-corrected chi connectivity index (χ0v) is 14.1. The van der Waals surface area contributed by atoms with Crippen molar-refractivity contribution in [1.82, 2.24) is 4.90 Å². The van der Waals surface area contributed by atoms with Gasteiger partial charge < -0.3 is 14.6 Å². The molecule has 4 atom stereocenters. The van der Waals surface area contributed by atoms with Crippen molar-refractivity contribution in [2.45, 2.75) is 30.5 Å². The number of benzene rings is 1. The summed E-state index contributed by atoms with van der Waals surface area (Å²) >= 11 is 0. The quantitative estimate of drug-likeness (QED) is 0.715. The Bertz CT molecular complexity index is 969. The number of aliphatic hydroxyl groups is 1. The summed E-state index contributed by atoms with van der Waals surface area (Å²) < 4.78 is 11.2. The third-order valence-electron chi connectivity index (χ3n) is 7.41. The number of aliphatic hydroxyl groups excluding tert-OH is 1. The molecule has 0 aromatic heterocycles. The molecule has 26 heavy (non-hydrogen) atoms. The summed E-state index contributed by atoms with van der Waals surface area (Å²) in [6, 6.07) is 4.06. The number of anilines is 1. The number of carbonyl (C=O) groups is 1. The molecule has 5 aliphatic heterocycles. The van der Waals surface area contributed by atoms with Crippen LogP contribution in [0, 0.1) is 5.41 Å². The number of carbonyl (C=O) groups excluding carboxylic acids is 1. The maximum atomic E-state index is 13.4. The molecule has 6 nitrogen and oxygen atoms in total. The minimum absolute atomic E-state index is 0.122. The molecule has 0 radical (unpaired) electrons. The Labute approximate surface area is 150 Å². The third-order valence-corrected chi connectivity index (χ3v) is 7.41. The number of amides is 1. The van der Waals surface area contributed by atoms with Crippen molar-refractivity contribution in [1.29, 1.82) is 0 Å². The molecule has 132 valence electrons. The third kappa shape index (κ3) is 1.18. The Hall–Kier alpha value is -2.31. The van der Waals surface area contributed by atoms with Crippen molar-refractivity contribution in [2.24, 2.45) is 5.41 Å². The zero-order valence-electron chi connectivity index (χ0n) is 14.1. The first kappa shape index (κ1) is 13.8. The Morgan fingerprint density at radius 1 is 1.15 bits per heavy atom. The molecular weight excluding hydrogens is 332 g/mol. The highest BCUT2D eigenvalue weighted by molar-refractivity contribution is 6.12. The normalized spacial score (nSPS) is 40.6. The van der Waals surface area contributed by atoms with Crippen LogP contribution in [0.25, 0.3) is 5.57 Å². The van der Waals surface area contributed by atoms with Crippen LogP contribution in [0.1, 0.15) is 18.4 Å². The van der Waals surface area contributed by atoms with Gasteiger partial charge in [0, 0.05) is 30.1 Å². The van der Waals surface area contributed by atoms with Gasteiger partial charge in [0.15, 0.2) is 11.5 Å². The molecule has 1 amide bonds. The molecule has 1 N–H and O–H groups in total. The van der Waals surface area contributed by atoms with E-state index in [9.17, 15) is 9.90 Å². The van der Waals surface area contributed by atoms with Crippen LogP contribution < -0.4 is 14.4 Å². The summed E-state index contributed by atoms with van der Waals surface area (Å²) in [5.74, 6) is 1.23. The number of nitrogens with zero attached hydrogens (tertiary/aromatic N) is 2. The minimum Gasteiger partial charge on any atom is -0.454 e. The van der Waals surface area contributed by atoms with Gasteiger partial charge in [-0.25, -0.2) is 0 Å². The molecule has 2 unspecified atom stereocenters. The van der Waals surface area contributed by atoms with Crippen LogP contribution in [0.15, 0.2) is 30.4 Å². The summed E-state index contributed by atoms with van der Waals surface area (Å²) in [6.07, 6.45) is 7.22. The summed E-state index contributed by atoms with van der Waals surface area (Å²) in [4.78, 5) is 17.7. The molecule has 1 saturated heterocycles. The molecule has 6 heteroatoms. The van der Waals surface area contributed by atoms with Crippen molar-refractivity contribution in [2.75, 3.05) is 24.8 Å². The molecule has 2 bridgehead atoms. The van der Waals surface area contributed by atoms with E-state index in [-0.39, 0.29) is 24.3 Å². The van der Waals surface area contributed by atoms with Crippen LogP contribution in [-0.4, -0.2) is 53.5 Å². The lowest BCUT2D eigenvalue weighted by Crippen LogP contribution is -2.74. The lowest BCUT2D eigenvalue weighted by molar-refractivity contribution is -0.140. The highest BCUT2D eigenvalue weighted by Crippen LogP contribution is 2.68. The molecule has 1 aliphatic carbocycles. The van der Waals surface area contributed by atoms with Gasteiger partial charge in [-0.1, -0.05) is 18.2 Å². The van der Waals surface area contributed by atoms with Gasteiger partial charge in [0.25, 0.3) is 5.91 Å². The van der Waals surface area contributed by atoms with Gasteiger partial charge in [0.05, 0.1) is 17.3 Å². The Balaban J connectivity index is 1.56. The summed E-state index contributed by atoms with van der Waals surface area (Å²) in [6.45, 7) is 1.92. The average Bonchev–Trinajstić information content (AvgIpc) is 3.31. The van der Waals surface area contributed by atoms with Crippen molar-refractivity contribution in [3.05, 3.63) is 35.9 Å². The Kier molecular flexibility index (Phi) is 2.13. The van der Waals surface area contributed by atoms with Gasteiger partial charge in [0.2, 0.25) is 6.79 Å². The zero-order chi connectivity index (χ0) is 17.3. The van der Waals surface area contributed by atoms with Gasteiger partial charge in [-0.2, -0.15) is 0 Å². The van der Waals surface area contributed by atoms with Crippen LogP contribution in [0.3, 0.4) is 0 Å². The van der Waals surface area contributed by atoms with E-state index >= 15 is 0 Å². The van der Waals surface area contributed by atoms with Crippen molar-refractivity contribution >= 4 is 17.2 Å². The van der Waals surface area contributed by atoms with Gasteiger partial charge >= 0.3 is 0 Å². The van der Waals surface area contributed by atoms with E-state index < -0.39 is 11.5 Å². The average molecular weight is 350 g/mol. The second-order valence-corrected chi connectivity index (χ2v) is 8.21. The molecule has 1 spiro atoms. The smallest absolute Gasteiger partial charge is 0.257 e. The molecule has 1 aromatic carbocycles. The van der Waals surface area contributed by atoms with E-state index in [2.05, 4.69) is 23.1 Å². The molecule has 1 saturated carbocycles. The number of hydrogen-bond donors (Lipinski definition) is 1. The SMILES string of the molecule is O=C1[C@H](O)C23C=CCN4CC=C5c6cc7c(cc6N1C5(CC2)[C@@H]43)OCO7.